The SMILES string of the molecule is Cc1cc(S(=O)(=O)N[C@H](CCO)C(C)(C)C)c(C)o1. The third kappa shape index (κ3) is 4.06. The van der Waals surface area contributed by atoms with Crippen LogP contribution in [0.5, 0.6) is 0 Å². The fourth-order valence-corrected chi connectivity index (χ4v) is 3.64. The normalized spacial score (nSPS) is 14.6. The van der Waals surface area contributed by atoms with Gasteiger partial charge in [0.2, 0.25) is 10.0 Å². The molecule has 0 aliphatic heterocycles. The van der Waals surface area contributed by atoms with Crippen molar-refractivity contribution >= 4 is 10.0 Å². The predicted molar refractivity (Wildman–Crippen MR) is 73.4 cm³/mol. The van der Waals surface area contributed by atoms with Crippen molar-refractivity contribution in [2.75, 3.05) is 6.61 Å². The van der Waals surface area contributed by atoms with Gasteiger partial charge < -0.3 is 9.52 Å². The second kappa shape index (κ2) is 5.64. The van der Waals surface area contributed by atoms with Crippen LogP contribution >= 0.6 is 0 Å². The fourth-order valence-electron chi connectivity index (χ4n) is 1.92. The molecular weight excluding hydrogens is 266 g/mol. The first kappa shape index (κ1) is 16.2. The molecular formula is C13H23NO4S. The predicted octanol–water partition coefficient (Wildman–Crippen LogP) is 1.97. The van der Waals surface area contributed by atoms with Crippen LogP contribution in [-0.2, 0) is 10.0 Å². The van der Waals surface area contributed by atoms with Crippen LogP contribution in [0.2, 0.25) is 0 Å². The Labute approximate surface area is 115 Å². The number of nitrogens with one attached hydrogen (secondary N) is 1. The summed E-state index contributed by atoms with van der Waals surface area (Å²) in [5, 5.41) is 9.07. The van der Waals surface area contributed by atoms with E-state index in [2.05, 4.69) is 4.72 Å². The molecule has 0 aliphatic carbocycles. The van der Waals surface area contributed by atoms with Crippen LogP contribution in [0, 0.1) is 19.3 Å². The summed E-state index contributed by atoms with van der Waals surface area (Å²) in [4.78, 5) is 0.164. The van der Waals surface area contributed by atoms with Gasteiger partial charge in [0.25, 0.3) is 0 Å². The Hall–Kier alpha value is -0.850. The Bertz CT molecular complexity index is 525. The van der Waals surface area contributed by atoms with Crippen molar-refractivity contribution in [3.05, 3.63) is 17.6 Å². The van der Waals surface area contributed by atoms with Gasteiger partial charge in [-0.25, -0.2) is 13.1 Å². The van der Waals surface area contributed by atoms with E-state index < -0.39 is 10.0 Å². The number of rotatable bonds is 5. The molecule has 0 aliphatic rings. The number of aliphatic hydroxyl groups is 1. The number of hydrogen-bond donors (Lipinski definition) is 2. The zero-order valence-corrected chi connectivity index (χ0v) is 13.0. The van der Waals surface area contributed by atoms with E-state index in [1.54, 1.807) is 13.8 Å². The summed E-state index contributed by atoms with van der Waals surface area (Å²) < 4.78 is 32.6. The van der Waals surface area contributed by atoms with E-state index in [-0.39, 0.29) is 23.0 Å². The Kier molecular flexibility index (Phi) is 4.81. The molecule has 0 amide bonds. The number of sulfonamides is 1. The van der Waals surface area contributed by atoms with Crippen molar-refractivity contribution in [1.82, 2.24) is 4.72 Å². The maximum atomic E-state index is 12.3. The molecule has 2 N–H and O–H groups in total. The molecule has 19 heavy (non-hydrogen) atoms. The summed E-state index contributed by atoms with van der Waals surface area (Å²) in [7, 11) is -3.63. The quantitative estimate of drug-likeness (QED) is 0.868. The summed E-state index contributed by atoms with van der Waals surface area (Å²) in [5.41, 5.74) is -0.275. The molecule has 0 saturated carbocycles. The molecule has 1 atom stereocenters. The number of aryl methyl sites for hydroxylation is 2. The van der Waals surface area contributed by atoms with Crippen molar-refractivity contribution in [2.24, 2.45) is 5.41 Å². The monoisotopic (exact) mass is 289 g/mol. The minimum absolute atomic E-state index is 0.0617. The molecule has 0 bridgehead atoms. The molecule has 110 valence electrons. The van der Waals surface area contributed by atoms with Gasteiger partial charge in [0, 0.05) is 12.6 Å². The lowest BCUT2D eigenvalue weighted by Gasteiger charge is -2.30. The van der Waals surface area contributed by atoms with Gasteiger partial charge >= 0.3 is 0 Å². The van der Waals surface area contributed by atoms with Crippen molar-refractivity contribution in [3.63, 3.8) is 0 Å². The Morgan fingerprint density at radius 1 is 1.37 bits per heavy atom. The van der Waals surface area contributed by atoms with Gasteiger partial charge in [-0.15, -0.1) is 0 Å². The number of hydrogen-bond acceptors (Lipinski definition) is 4. The van der Waals surface area contributed by atoms with Gasteiger partial charge in [-0.05, 0) is 31.7 Å². The fraction of sp³-hybridized carbons (Fsp3) is 0.692. The summed E-state index contributed by atoms with van der Waals surface area (Å²) in [6, 6.07) is 1.17. The highest BCUT2D eigenvalue weighted by molar-refractivity contribution is 7.89. The maximum absolute atomic E-state index is 12.3. The third-order valence-electron chi connectivity index (χ3n) is 3.05. The molecule has 6 heteroatoms. The van der Waals surface area contributed by atoms with E-state index in [9.17, 15) is 8.42 Å². The van der Waals surface area contributed by atoms with Crippen LogP contribution in [0.4, 0.5) is 0 Å². The first-order valence-electron chi connectivity index (χ1n) is 6.28. The lowest BCUT2D eigenvalue weighted by Crippen LogP contribution is -2.44. The van der Waals surface area contributed by atoms with Gasteiger partial charge in [0.1, 0.15) is 16.4 Å². The highest BCUT2D eigenvalue weighted by atomic mass is 32.2. The molecule has 1 heterocycles. The van der Waals surface area contributed by atoms with Crippen LogP contribution in [0.15, 0.2) is 15.4 Å². The van der Waals surface area contributed by atoms with Crippen LogP contribution in [0.3, 0.4) is 0 Å². The average molecular weight is 289 g/mol. The number of aliphatic hydroxyl groups excluding tert-OH is 1. The second-order valence-corrected chi connectivity index (χ2v) is 7.51. The molecule has 0 spiro atoms. The zero-order chi connectivity index (χ0) is 14.8. The molecule has 0 aromatic carbocycles. The Morgan fingerprint density at radius 3 is 2.32 bits per heavy atom. The zero-order valence-electron chi connectivity index (χ0n) is 12.1. The van der Waals surface area contributed by atoms with E-state index >= 15 is 0 Å². The molecule has 5 nitrogen and oxygen atoms in total. The topological polar surface area (TPSA) is 79.5 Å². The largest absolute Gasteiger partial charge is 0.465 e. The summed E-state index contributed by atoms with van der Waals surface area (Å²) in [5.74, 6) is 0.939. The summed E-state index contributed by atoms with van der Waals surface area (Å²) in [6.45, 7) is 9.07. The highest BCUT2D eigenvalue weighted by Crippen LogP contribution is 2.25. The van der Waals surface area contributed by atoms with E-state index in [0.717, 1.165) is 0 Å². The minimum atomic E-state index is -3.63. The maximum Gasteiger partial charge on any atom is 0.244 e. The molecule has 1 aromatic rings. The van der Waals surface area contributed by atoms with E-state index in [0.29, 0.717) is 17.9 Å². The highest BCUT2D eigenvalue weighted by Gasteiger charge is 2.30. The molecule has 0 radical (unpaired) electrons. The minimum Gasteiger partial charge on any atom is -0.465 e. The van der Waals surface area contributed by atoms with Gasteiger partial charge in [-0.1, -0.05) is 20.8 Å². The van der Waals surface area contributed by atoms with Gasteiger partial charge in [0.05, 0.1) is 0 Å². The smallest absolute Gasteiger partial charge is 0.244 e. The second-order valence-electron chi connectivity index (χ2n) is 5.83. The molecule has 0 unspecified atom stereocenters. The molecule has 0 saturated heterocycles. The lowest BCUT2D eigenvalue weighted by molar-refractivity contribution is 0.214. The van der Waals surface area contributed by atoms with Gasteiger partial charge in [-0.2, -0.15) is 0 Å². The van der Waals surface area contributed by atoms with Crippen molar-refractivity contribution in [3.8, 4) is 0 Å². The number of furan rings is 1. The van der Waals surface area contributed by atoms with Crippen LogP contribution in [-0.4, -0.2) is 26.2 Å². The molecule has 0 fully saturated rings. The van der Waals surface area contributed by atoms with Crippen molar-refractivity contribution in [1.29, 1.82) is 0 Å². The summed E-state index contributed by atoms with van der Waals surface area (Å²) >= 11 is 0. The van der Waals surface area contributed by atoms with E-state index in [1.807, 2.05) is 20.8 Å². The van der Waals surface area contributed by atoms with Crippen LogP contribution < -0.4 is 4.72 Å². The standard InChI is InChI=1S/C13H23NO4S/c1-9-8-11(10(2)18-9)19(16,17)14-12(6-7-15)13(3,4)5/h8,12,14-15H,6-7H2,1-5H3/t12-/m1/s1. The average Bonchev–Trinajstić information content (AvgIpc) is 2.56. The lowest BCUT2D eigenvalue weighted by atomic mass is 9.86. The Balaban J connectivity index is 3.04. The van der Waals surface area contributed by atoms with Crippen molar-refractivity contribution in [2.45, 2.75) is 52.0 Å². The Morgan fingerprint density at radius 2 is 1.95 bits per heavy atom. The molecule has 1 rings (SSSR count). The van der Waals surface area contributed by atoms with Crippen LogP contribution in [0.1, 0.15) is 38.7 Å². The van der Waals surface area contributed by atoms with E-state index in [4.69, 9.17) is 9.52 Å². The summed E-state index contributed by atoms with van der Waals surface area (Å²) in [6.07, 6.45) is 0.374. The molecule has 1 aromatic heterocycles. The van der Waals surface area contributed by atoms with Gasteiger partial charge in [-0.3, -0.25) is 0 Å². The van der Waals surface area contributed by atoms with Gasteiger partial charge in [0.15, 0.2) is 0 Å². The van der Waals surface area contributed by atoms with E-state index in [1.165, 1.54) is 6.07 Å². The first-order valence-corrected chi connectivity index (χ1v) is 7.76. The third-order valence-corrected chi connectivity index (χ3v) is 4.62. The first-order chi connectivity index (χ1) is 8.58. The van der Waals surface area contributed by atoms with Crippen LogP contribution in [0.25, 0.3) is 0 Å². The van der Waals surface area contributed by atoms with Crippen molar-refractivity contribution < 1.29 is 17.9 Å².